The molecular formula is C14H28N4O3. The number of rotatable bonds is 6. The van der Waals surface area contributed by atoms with Crippen molar-refractivity contribution in [3.63, 3.8) is 0 Å². The molecule has 1 fully saturated rings. The monoisotopic (exact) mass is 300 g/mol. The van der Waals surface area contributed by atoms with E-state index in [0.717, 1.165) is 0 Å². The first kappa shape index (κ1) is 17.7. The molecule has 1 saturated carbocycles. The van der Waals surface area contributed by atoms with E-state index < -0.39 is 11.0 Å². The number of hydrogen-bond acceptors (Lipinski definition) is 4. The Kier molecular flexibility index (Phi) is 5.58. The largest absolute Gasteiger partial charge is 0.378 e. The number of nitrogens with zero attached hydrogens (tertiary/aromatic N) is 1. The van der Waals surface area contributed by atoms with E-state index in [4.69, 9.17) is 10.5 Å². The Morgan fingerprint density at radius 3 is 2.33 bits per heavy atom. The van der Waals surface area contributed by atoms with Gasteiger partial charge in [0.15, 0.2) is 0 Å². The van der Waals surface area contributed by atoms with E-state index in [1.807, 2.05) is 20.8 Å². The van der Waals surface area contributed by atoms with Gasteiger partial charge in [0.05, 0.1) is 6.10 Å². The van der Waals surface area contributed by atoms with Gasteiger partial charge in [-0.2, -0.15) is 0 Å². The van der Waals surface area contributed by atoms with Gasteiger partial charge in [0.25, 0.3) is 0 Å². The van der Waals surface area contributed by atoms with Crippen molar-refractivity contribution in [1.29, 1.82) is 0 Å². The average Bonchev–Trinajstić information content (AvgIpc) is 2.42. The fraction of sp³-hybridized carbons (Fsp3) is 0.857. The first-order valence-corrected chi connectivity index (χ1v) is 7.30. The third-order valence-corrected chi connectivity index (χ3v) is 4.33. The van der Waals surface area contributed by atoms with Gasteiger partial charge in [-0.1, -0.05) is 13.8 Å². The van der Waals surface area contributed by atoms with Gasteiger partial charge in [-0.05, 0) is 6.92 Å². The minimum absolute atomic E-state index is 0.00620. The van der Waals surface area contributed by atoms with Crippen molar-refractivity contribution in [1.82, 2.24) is 15.5 Å². The standard InChI is InChI=1S/C14H28N4O3/c1-6-21-10-9-14(15,13(10,2)3)11(19)16-7-8-17-12(20)18(4)5/h10H,6-9,15H2,1-5H3,(H,16,19)(H,17,20). The zero-order chi connectivity index (χ0) is 16.3. The highest BCUT2D eigenvalue weighted by molar-refractivity contribution is 5.88. The van der Waals surface area contributed by atoms with Crippen LogP contribution in [-0.4, -0.2) is 62.3 Å². The van der Waals surface area contributed by atoms with Crippen LogP contribution in [-0.2, 0) is 9.53 Å². The van der Waals surface area contributed by atoms with Crippen LogP contribution in [0.25, 0.3) is 0 Å². The maximum atomic E-state index is 12.3. The summed E-state index contributed by atoms with van der Waals surface area (Å²) in [7, 11) is 3.32. The van der Waals surface area contributed by atoms with Crippen LogP contribution in [0.5, 0.6) is 0 Å². The van der Waals surface area contributed by atoms with Gasteiger partial charge in [-0.25, -0.2) is 4.79 Å². The summed E-state index contributed by atoms with van der Waals surface area (Å²) in [4.78, 5) is 25.0. The van der Waals surface area contributed by atoms with Crippen molar-refractivity contribution >= 4 is 11.9 Å². The van der Waals surface area contributed by atoms with Crippen LogP contribution in [0.2, 0.25) is 0 Å². The van der Waals surface area contributed by atoms with E-state index in [1.165, 1.54) is 4.90 Å². The number of nitrogens with one attached hydrogen (secondary N) is 2. The predicted molar refractivity (Wildman–Crippen MR) is 80.8 cm³/mol. The summed E-state index contributed by atoms with van der Waals surface area (Å²) in [6, 6.07) is -0.188. The topological polar surface area (TPSA) is 96.7 Å². The number of nitrogens with two attached hydrogens (primary N) is 1. The summed E-state index contributed by atoms with van der Waals surface area (Å²) in [5.74, 6) is -0.192. The zero-order valence-corrected chi connectivity index (χ0v) is 13.7. The molecule has 0 aromatic carbocycles. The van der Waals surface area contributed by atoms with Gasteiger partial charge in [0.1, 0.15) is 5.54 Å². The molecule has 21 heavy (non-hydrogen) atoms. The van der Waals surface area contributed by atoms with Crippen LogP contribution in [0.1, 0.15) is 27.2 Å². The van der Waals surface area contributed by atoms with Crippen molar-refractivity contribution in [2.45, 2.75) is 38.8 Å². The lowest BCUT2D eigenvalue weighted by atomic mass is 9.54. The molecular weight excluding hydrogens is 272 g/mol. The summed E-state index contributed by atoms with van der Waals surface area (Å²) in [6.45, 7) is 7.16. The van der Waals surface area contributed by atoms with E-state index >= 15 is 0 Å². The second-order valence-corrected chi connectivity index (χ2v) is 6.22. The first-order chi connectivity index (χ1) is 9.66. The van der Waals surface area contributed by atoms with Crippen LogP contribution in [0, 0.1) is 5.41 Å². The smallest absolute Gasteiger partial charge is 0.316 e. The Morgan fingerprint density at radius 1 is 1.29 bits per heavy atom. The van der Waals surface area contributed by atoms with Gasteiger partial charge >= 0.3 is 6.03 Å². The zero-order valence-electron chi connectivity index (χ0n) is 13.7. The second-order valence-electron chi connectivity index (χ2n) is 6.22. The van der Waals surface area contributed by atoms with Crippen LogP contribution in [0.3, 0.4) is 0 Å². The molecule has 3 amide bonds. The molecule has 0 heterocycles. The maximum absolute atomic E-state index is 12.3. The number of ether oxygens (including phenoxy) is 1. The SMILES string of the molecule is CCOC1CC(N)(C(=O)NCCNC(=O)N(C)C)C1(C)C. The van der Waals surface area contributed by atoms with Crippen molar-refractivity contribution < 1.29 is 14.3 Å². The number of urea groups is 1. The van der Waals surface area contributed by atoms with E-state index in [2.05, 4.69) is 10.6 Å². The number of hydrogen-bond donors (Lipinski definition) is 3. The molecule has 7 nitrogen and oxygen atoms in total. The molecule has 4 N–H and O–H groups in total. The lowest BCUT2D eigenvalue weighted by molar-refractivity contribution is -0.170. The van der Waals surface area contributed by atoms with E-state index in [9.17, 15) is 9.59 Å². The highest BCUT2D eigenvalue weighted by Crippen LogP contribution is 2.49. The molecule has 0 aromatic rings. The molecule has 0 radical (unpaired) electrons. The number of carbonyl (C=O) groups is 2. The second kappa shape index (κ2) is 6.62. The highest BCUT2D eigenvalue weighted by Gasteiger charge is 2.62. The van der Waals surface area contributed by atoms with Crippen molar-refractivity contribution in [2.24, 2.45) is 11.1 Å². The molecule has 0 spiro atoms. The predicted octanol–water partition coefficient (Wildman–Crippen LogP) is -0.0937. The van der Waals surface area contributed by atoms with E-state index in [0.29, 0.717) is 26.1 Å². The molecule has 122 valence electrons. The third-order valence-electron chi connectivity index (χ3n) is 4.33. The molecule has 1 rings (SSSR count). The Morgan fingerprint density at radius 2 is 1.86 bits per heavy atom. The van der Waals surface area contributed by atoms with Crippen molar-refractivity contribution in [3.8, 4) is 0 Å². The van der Waals surface area contributed by atoms with Crippen LogP contribution < -0.4 is 16.4 Å². The van der Waals surface area contributed by atoms with Crippen LogP contribution >= 0.6 is 0 Å². The van der Waals surface area contributed by atoms with Crippen molar-refractivity contribution in [2.75, 3.05) is 33.8 Å². The average molecular weight is 300 g/mol. The first-order valence-electron chi connectivity index (χ1n) is 7.30. The molecule has 1 aliphatic carbocycles. The van der Waals surface area contributed by atoms with E-state index in [1.54, 1.807) is 14.1 Å². The third kappa shape index (κ3) is 3.47. The van der Waals surface area contributed by atoms with Gasteiger partial charge in [-0.3, -0.25) is 4.79 Å². The fourth-order valence-electron chi connectivity index (χ4n) is 2.48. The van der Waals surface area contributed by atoms with E-state index in [-0.39, 0.29) is 18.0 Å². The molecule has 0 bridgehead atoms. The van der Waals surface area contributed by atoms with Gasteiger partial charge in [-0.15, -0.1) is 0 Å². The van der Waals surface area contributed by atoms with Crippen LogP contribution in [0.15, 0.2) is 0 Å². The molecule has 2 unspecified atom stereocenters. The highest BCUT2D eigenvalue weighted by atomic mass is 16.5. The Hall–Kier alpha value is -1.34. The maximum Gasteiger partial charge on any atom is 0.316 e. The molecule has 7 heteroatoms. The summed E-state index contributed by atoms with van der Waals surface area (Å²) < 4.78 is 5.60. The Labute approximate surface area is 126 Å². The molecule has 2 atom stereocenters. The van der Waals surface area contributed by atoms with Crippen LogP contribution in [0.4, 0.5) is 4.79 Å². The van der Waals surface area contributed by atoms with Gasteiger partial charge in [0, 0.05) is 45.6 Å². The minimum Gasteiger partial charge on any atom is -0.378 e. The lowest BCUT2D eigenvalue weighted by Crippen LogP contribution is -2.75. The molecule has 0 saturated heterocycles. The summed E-state index contributed by atoms with van der Waals surface area (Å²) in [6.07, 6.45) is 0.524. The number of carbonyl (C=O) groups excluding carboxylic acids is 2. The quantitative estimate of drug-likeness (QED) is 0.597. The summed E-state index contributed by atoms with van der Waals surface area (Å²) >= 11 is 0. The van der Waals surface area contributed by atoms with Crippen molar-refractivity contribution in [3.05, 3.63) is 0 Å². The lowest BCUT2D eigenvalue weighted by Gasteiger charge is -2.57. The normalized spacial score (nSPS) is 26.7. The Bertz CT molecular complexity index is 398. The van der Waals surface area contributed by atoms with Gasteiger partial charge < -0.3 is 26.0 Å². The van der Waals surface area contributed by atoms with Gasteiger partial charge in [0.2, 0.25) is 5.91 Å². The molecule has 0 aliphatic heterocycles. The molecule has 0 aromatic heterocycles. The summed E-state index contributed by atoms with van der Waals surface area (Å²) in [5.41, 5.74) is 4.93. The Balaban J connectivity index is 2.41. The minimum atomic E-state index is -0.918. The summed E-state index contributed by atoms with van der Waals surface area (Å²) in [5, 5.41) is 5.47. The molecule has 1 aliphatic rings. The number of amides is 3. The fourth-order valence-corrected chi connectivity index (χ4v) is 2.48.